The number of hydrogen-bond donors (Lipinski definition) is 0. The van der Waals surface area contributed by atoms with Crippen molar-refractivity contribution >= 4 is 15.7 Å². The highest BCUT2D eigenvalue weighted by Crippen LogP contribution is 2.45. The van der Waals surface area contributed by atoms with Crippen LogP contribution in [-0.2, 0) is 24.8 Å². The van der Waals surface area contributed by atoms with Gasteiger partial charge in [-0.1, -0.05) is 0 Å². The van der Waals surface area contributed by atoms with Gasteiger partial charge >= 0.3 is 0 Å². The first kappa shape index (κ1) is 15.1. The third-order valence-electron chi connectivity index (χ3n) is 4.91. The minimum atomic E-state index is -3.34. The Kier molecular flexibility index (Phi) is 3.28. The standard InChI is InChI=1S/C14H19N3O5S/c1-23(19,20)6-11(18)17-4-10-5-21-8-14(10,7-17)13-16-15-12(22-13)9-2-3-9/h9-10H,2-8H2,1H3/t10-,14-/m1/s1. The van der Waals surface area contributed by atoms with Crippen molar-refractivity contribution in [1.82, 2.24) is 15.1 Å². The van der Waals surface area contributed by atoms with Crippen molar-refractivity contribution < 1.29 is 22.4 Å². The Morgan fingerprint density at radius 2 is 2.17 bits per heavy atom. The van der Waals surface area contributed by atoms with Crippen LogP contribution < -0.4 is 0 Å². The van der Waals surface area contributed by atoms with Gasteiger partial charge in [-0.25, -0.2) is 8.42 Å². The molecule has 126 valence electrons. The first-order chi connectivity index (χ1) is 10.9. The molecule has 3 heterocycles. The Hall–Kier alpha value is -1.48. The predicted molar refractivity (Wildman–Crippen MR) is 78.6 cm³/mol. The second-order valence-corrected chi connectivity index (χ2v) is 9.07. The van der Waals surface area contributed by atoms with Gasteiger partial charge in [0.05, 0.1) is 18.6 Å². The van der Waals surface area contributed by atoms with Crippen molar-refractivity contribution in [3.05, 3.63) is 11.8 Å². The minimum absolute atomic E-state index is 0.0681. The van der Waals surface area contributed by atoms with E-state index in [4.69, 9.17) is 9.15 Å². The molecule has 2 saturated heterocycles. The van der Waals surface area contributed by atoms with Gasteiger partial charge in [-0.2, -0.15) is 0 Å². The van der Waals surface area contributed by atoms with Gasteiger partial charge in [0.2, 0.25) is 17.7 Å². The maximum atomic E-state index is 12.2. The zero-order chi connectivity index (χ0) is 16.2. The van der Waals surface area contributed by atoms with Gasteiger partial charge in [-0.05, 0) is 12.8 Å². The molecule has 0 aromatic carbocycles. The van der Waals surface area contributed by atoms with Crippen LogP contribution in [-0.4, -0.2) is 67.7 Å². The molecule has 0 radical (unpaired) electrons. The molecule has 2 aliphatic heterocycles. The average molecular weight is 341 g/mol. The molecule has 1 amide bonds. The van der Waals surface area contributed by atoms with Crippen LogP contribution in [0.2, 0.25) is 0 Å². The van der Waals surface area contributed by atoms with E-state index in [1.165, 1.54) is 0 Å². The number of nitrogens with zero attached hydrogens (tertiary/aromatic N) is 3. The van der Waals surface area contributed by atoms with Gasteiger partial charge in [0, 0.05) is 31.2 Å². The van der Waals surface area contributed by atoms with Crippen LogP contribution in [0.5, 0.6) is 0 Å². The lowest BCUT2D eigenvalue weighted by Crippen LogP contribution is -2.39. The van der Waals surface area contributed by atoms with E-state index >= 15 is 0 Å². The zero-order valence-corrected chi connectivity index (χ0v) is 13.7. The molecule has 1 saturated carbocycles. The third-order valence-corrected chi connectivity index (χ3v) is 5.68. The molecular weight excluding hydrogens is 322 g/mol. The van der Waals surface area contributed by atoms with E-state index in [1.807, 2.05) is 0 Å². The predicted octanol–water partition coefficient (Wildman–Crippen LogP) is -0.282. The molecule has 2 atom stereocenters. The number of fused-ring (bicyclic) bond motifs is 1. The number of likely N-dealkylation sites (tertiary alicyclic amines) is 1. The largest absolute Gasteiger partial charge is 0.424 e. The molecule has 0 spiro atoms. The van der Waals surface area contributed by atoms with Gasteiger partial charge in [0.1, 0.15) is 5.75 Å². The van der Waals surface area contributed by atoms with Gasteiger partial charge in [0.25, 0.3) is 0 Å². The van der Waals surface area contributed by atoms with Crippen LogP contribution in [0.3, 0.4) is 0 Å². The average Bonchev–Trinajstić information content (AvgIpc) is 2.90. The van der Waals surface area contributed by atoms with E-state index < -0.39 is 21.0 Å². The summed E-state index contributed by atoms with van der Waals surface area (Å²) in [5, 5.41) is 8.34. The highest BCUT2D eigenvalue weighted by atomic mass is 32.2. The van der Waals surface area contributed by atoms with E-state index in [0.29, 0.717) is 44.0 Å². The fraction of sp³-hybridized carbons (Fsp3) is 0.786. The Balaban J connectivity index is 1.58. The smallest absolute Gasteiger partial charge is 0.237 e. The molecule has 1 aliphatic carbocycles. The summed E-state index contributed by atoms with van der Waals surface area (Å²) in [7, 11) is -3.34. The topological polar surface area (TPSA) is 103 Å². The van der Waals surface area contributed by atoms with Crippen molar-refractivity contribution in [2.45, 2.75) is 24.2 Å². The van der Waals surface area contributed by atoms with Crippen LogP contribution in [0.15, 0.2) is 4.42 Å². The summed E-state index contributed by atoms with van der Waals surface area (Å²) in [6.07, 6.45) is 3.22. The number of ether oxygens (including phenoxy) is 1. The van der Waals surface area contributed by atoms with Gasteiger partial charge in [0.15, 0.2) is 9.84 Å². The maximum Gasteiger partial charge on any atom is 0.237 e. The summed E-state index contributed by atoms with van der Waals surface area (Å²) in [6.45, 7) is 1.78. The van der Waals surface area contributed by atoms with Crippen molar-refractivity contribution in [3.63, 3.8) is 0 Å². The van der Waals surface area contributed by atoms with Crippen molar-refractivity contribution in [2.75, 3.05) is 38.3 Å². The van der Waals surface area contributed by atoms with Crippen LogP contribution in [0.4, 0.5) is 0 Å². The number of hydrogen-bond acceptors (Lipinski definition) is 7. The molecule has 0 bridgehead atoms. The summed E-state index contributed by atoms with van der Waals surface area (Å²) in [5.41, 5.74) is -0.493. The van der Waals surface area contributed by atoms with Crippen LogP contribution in [0.25, 0.3) is 0 Å². The summed E-state index contributed by atoms with van der Waals surface area (Å²) in [5.74, 6) is 0.797. The quantitative estimate of drug-likeness (QED) is 0.742. The van der Waals surface area contributed by atoms with Crippen LogP contribution in [0, 0.1) is 5.92 Å². The van der Waals surface area contributed by atoms with Gasteiger partial charge in [-0.15, -0.1) is 10.2 Å². The molecule has 0 N–H and O–H groups in total. The lowest BCUT2D eigenvalue weighted by molar-refractivity contribution is -0.128. The van der Waals surface area contributed by atoms with E-state index in [1.54, 1.807) is 4.90 Å². The first-order valence-corrected chi connectivity index (χ1v) is 9.80. The summed E-state index contributed by atoms with van der Waals surface area (Å²) >= 11 is 0. The number of sulfone groups is 1. The van der Waals surface area contributed by atoms with Crippen molar-refractivity contribution in [1.29, 1.82) is 0 Å². The Morgan fingerprint density at radius 1 is 1.39 bits per heavy atom. The molecule has 1 aromatic rings. The molecule has 3 aliphatic rings. The van der Waals surface area contributed by atoms with Gasteiger partial charge in [-0.3, -0.25) is 4.79 Å². The van der Waals surface area contributed by atoms with Crippen LogP contribution >= 0.6 is 0 Å². The zero-order valence-electron chi connectivity index (χ0n) is 12.9. The first-order valence-electron chi connectivity index (χ1n) is 7.74. The number of carbonyl (C=O) groups excluding carboxylic acids is 1. The van der Waals surface area contributed by atoms with E-state index in [-0.39, 0.29) is 11.8 Å². The summed E-state index contributed by atoms with van der Waals surface area (Å²) in [6, 6.07) is 0. The normalized spacial score (nSPS) is 30.7. The molecule has 8 nitrogen and oxygen atoms in total. The lowest BCUT2D eigenvalue weighted by atomic mass is 9.81. The minimum Gasteiger partial charge on any atom is -0.424 e. The molecule has 4 rings (SSSR count). The lowest BCUT2D eigenvalue weighted by Gasteiger charge is -2.22. The summed E-state index contributed by atoms with van der Waals surface area (Å²) < 4.78 is 34.2. The highest BCUT2D eigenvalue weighted by molar-refractivity contribution is 7.91. The molecular formula is C14H19N3O5S. The molecule has 0 unspecified atom stereocenters. The van der Waals surface area contributed by atoms with E-state index in [2.05, 4.69) is 10.2 Å². The maximum absolute atomic E-state index is 12.2. The second kappa shape index (κ2) is 5.01. The van der Waals surface area contributed by atoms with E-state index in [9.17, 15) is 13.2 Å². The molecule has 3 fully saturated rings. The number of amides is 1. The summed E-state index contributed by atoms with van der Waals surface area (Å²) in [4.78, 5) is 13.8. The Labute approximate surface area is 134 Å². The fourth-order valence-electron chi connectivity index (χ4n) is 3.47. The van der Waals surface area contributed by atoms with E-state index in [0.717, 1.165) is 19.1 Å². The number of carbonyl (C=O) groups is 1. The number of rotatable bonds is 4. The van der Waals surface area contributed by atoms with Crippen LogP contribution in [0.1, 0.15) is 30.5 Å². The second-order valence-electron chi connectivity index (χ2n) is 6.93. The molecule has 1 aromatic heterocycles. The third kappa shape index (κ3) is 2.65. The highest BCUT2D eigenvalue weighted by Gasteiger charge is 2.56. The fourth-order valence-corrected chi connectivity index (χ4v) is 4.11. The SMILES string of the molecule is CS(=O)(=O)CC(=O)N1C[C@@H]2COC[C@]2(c2nnc(C3CC3)o2)C1. The Bertz CT molecular complexity index is 741. The molecule has 23 heavy (non-hydrogen) atoms. The van der Waals surface area contributed by atoms with Crippen molar-refractivity contribution in [3.8, 4) is 0 Å². The monoisotopic (exact) mass is 341 g/mol. The Morgan fingerprint density at radius 3 is 2.87 bits per heavy atom. The molecule has 9 heteroatoms. The number of aromatic nitrogens is 2. The van der Waals surface area contributed by atoms with Gasteiger partial charge < -0.3 is 14.1 Å². The van der Waals surface area contributed by atoms with Crippen molar-refractivity contribution in [2.24, 2.45) is 5.92 Å².